The molecule has 1 amide bonds. The van der Waals surface area contributed by atoms with Gasteiger partial charge in [-0.25, -0.2) is 0 Å². The van der Waals surface area contributed by atoms with Crippen LogP contribution in [0.15, 0.2) is 18.2 Å². The number of carbonyl (C=O) groups excluding carboxylic acids is 1. The molecule has 3 rings (SSSR count). The lowest BCUT2D eigenvalue weighted by Gasteiger charge is -2.32. The van der Waals surface area contributed by atoms with Gasteiger partial charge in [-0.05, 0) is 50.3 Å². The van der Waals surface area contributed by atoms with Crippen LogP contribution in [0, 0.1) is 6.92 Å². The zero-order valence-electron chi connectivity index (χ0n) is 12.9. The van der Waals surface area contributed by atoms with Gasteiger partial charge in [0.1, 0.15) is 0 Å². The maximum Gasteiger partial charge on any atom is 0.251 e. The molecule has 1 aromatic carbocycles. The zero-order chi connectivity index (χ0) is 14.1. The fraction of sp³-hybridized carbons (Fsp3) is 0.562. The van der Waals surface area contributed by atoms with Gasteiger partial charge < -0.3 is 16.0 Å². The number of likely N-dealkylation sites (tertiary alicyclic amines) is 1. The number of nitrogen functional groups attached to an aromatic ring is 1. The summed E-state index contributed by atoms with van der Waals surface area (Å²) in [5, 5.41) is 3.16. The van der Waals surface area contributed by atoms with E-state index in [1.165, 1.54) is 12.8 Å². The molecule has 0 unspecified atom stereocenters. The van der Waals surface area contributed by atoms with Crippen LogP contribution in [-0.2, 0) is 0 Å². The van der Waals surface area contributed by atoms with E-state index in [2.05, 4.69) is 10.2 Å². The van der Waals surface area contributed by atoms with Gasteiger partial charge in [0.25, 0.3) is 5.91 Å². The Morgan fingerprint density at radius 2 is 1.82 bits per heavy atom. The first-order valence-electron chi connectivity index (χ1n) is 7.54. The van der Waals surface area contributed by atoms with Crippen molar-refractivity contribution in [3.63, 3.8) is 0 Å². The topological polar surface area (TPSA) is 58.4 Å². The van der Waals surface area contributed by atoms with E-state index >= 15 is 0 Å². The molecule has 124 valence electrons. The van der Waals surface area contributed by atoms with Crippen molar-refractivity contribution in [1.82, 2.24) is 10.2 Å². The average Bonchev–Trinajstić information content (AvgIpc) is 3.27. The summed E-state index contributed by atoms with van der Waals surface area (Å²) in [5.74, 6) is 0.0136. The maximum absolute atomic E-state index is 12.3. The number of hydrogen-bond donors (Lipinski definition) is 2. The first-order chi connectivity index (χ1) is 9.63. The lowest BCUT2D eigenvalue weighted by Crippen LogP contribution is -2.45. The van der Waals surface area contributed by atoms with Crippen molar-refractivity contribution >= 4 is 36.4 Å². The number of benzene rings is 1. The van der Waals surface area contributed by atoms with Crippen molar-refractivity contribution in [2.24, 2.45) is 0 Å². The van der Waals surface area contributed by atoms with Crippen molar-refractivity contribution < 1.29 is 4.79 Å². The molecule has 2 fully saturated rings. The van der Waals surface area contributed by atoms with E-state index in [1.54, 1.807) is 6.07 Å². The van der Waals surface area contributed by atoms with Crippen LogP contribution in [0.3, 0.4) is 0 Å². The quantitative estimate of drug-likeness (QED) is 0.828. The largest absolute Gasteiger partial charge is 0.399 e. The Morgan fingerprint density at radius 1 is 1.18 bits per heavy atom. The number of aryl methyl sites for hydroxylation is 1. The molecular formula is C16H25Cl2N3O. The molecule has 1 saturated heterocycles. The zero-order valence-corrected chi connectivity index (χ0v) is 14.5. The van der Waals surface area contributed by atoms with Crippen molar-refractivity contribution in [2.75, 3.05) is 18.8 Å². The first-order valence-corrected chi connectivity index (χ1v) is 7.54. The van der Waals surface area contributed by atoms with E-state index in [1.807, 2.05) is 19.1 Å². The van der Waals surface area contributed by atoms with Crippen LogP contribution >= 0.6 is 24.8 Å². The summed E-state index contributed by atoms with van der Waals surface area (Å²) in [6.07, 6.45) is 4.84. The summed E-state index contributed by atoms with van der Waals surface area (Å²) >= 11 is 0. The van der Waals surface area contributed by atoms with Crippen LogP contribution in [0.5, 0.6) is 0 Å². The summed E-state index contributed by atoms with van der Waals surface area (Å²) < 4.78 is 0. The van der Waals surface area contributed by atoms with E-state index < -0.39 is 0 Å². The molecule has 1 saturated carbocycles. The van der Waals surface area contributed by atoms with E-state index in [0.717, 1.165) is 37.5 Å². The highest BCUT2D eigenvalue weighted by atomic mass is 35.5. The number of nitrogens with two attached hydrogens (primary N) is 1. The van der Waals surface area contributed by atoms with Gasteiger partial charge in [0.2, 0.25) is 0 Å². The fourth-order valence-corrected chi connectivity index (χ4v) is 3.00. The van der Waals surface area contributed by atoms with Gasteiger partial charge in [-0.1, -0.05) is 6.07 Å². The van der Waals surface area contributed by atoms with Gasteiger partial charge in [0.15, 0.2) is 0 Å². The predicted molar refractivity (Wildman–Crippen MR) is 95.2 cm³/mol. The Bertz CT molecular complexity index is 512. The molecule has 0 spiro atoms. The molecule has 0 bridgehead atoms. The number of piperidine rings is 1. The Kier molecular flexibility index (Phi) is 6.98. The molecule has 4 nitrogen and oxygen atoms in total. The van der Waals surface area contributed by atoms with Crippen molar-refractivity contribution in [3.05, 3.63) is 29.3 Å². The van der Waals surface area contributed by atoms with Gasteiger partial charge in [0.05, 0.1) is 0 Å². The Morgan fingerprint density at radius 3 is 2.41 bits per heavy atom. The highest BCUT2D eigenvalue weighted by molar-refractivity contribution is 5.96. The third-order valence-electron chi connectivity index (χ3n) is 4.43. The van der Waals surface area contributed by atoms with Gasteiger partial charge in [-0.15, -0.1) is 24.8 Å². The minimum atomic E-state index is 0. The molecule has 22 heavy (non-hydrogen) atoms. The van der Waals surface area contributed by atoms with Crippen LogP contribution in [-0.4, -0.2) is 36.0 Å². The minimum absolute atomic E-state index is 0. The fourth-order valence-electron chi connectivity index (χ4n) is 3.00. The molecule has 1 aliphatic carbocycles. The monoisotopic (exact) mass is 345 g/mol. The smallest absolute Gasteiger partial charge is 0.251 e. The van der Waals surface area contributed by atoms with E-state index in [0.29, 0.717) is 17.3 Å². The molecule has 1 heterocycles. The highest BCUT2D eigenvalue weighted by Crippen LogP contribution is 2.29. The molecule has 2 aliphatic rings. The third kappa shape index (κ3) is 4.51. The van der Waals surface area contributed by atoms with Gasteiger partial charge >= 0.3 is 0 Å². The van der Waals surface area contributed by atoms with Crippen molar-refractivity contribution in [3.8, 4) is 0 Å². The summed E-state index contributed by atoms with van der Waals surface area (Å²) in [7, 11) is 0. The number of anilines is 1. The molecule has 0 radical (unpaired) electrons. The van der Waals surface area contributed by atoms with E-state index in [9.17, 15) is 4.79 Å². The number of carbonyl (C=O) groups is 1. The molecule has 3 N–H and O–H groups in total. The number of nitrogens with one attached hydrogen (secondary N) is 1. The second-order valence-electron chi connectivity index (χ2n) is 6.09. The molecule has 0 aromatic heterocycles. The normalized spacial score (nSPS) is 19.0. The molecule has 0 atom stereocenters. The number of rotatable bonds is 3. The van der Waals surface area contributed by atoms with Crippen molar-refractivity contribution in [1.29, 1.82) is 0 Å². The number of nitrogens with zero attached hydrogens (tertiary/aromatic N) is 1. The summed E-state index contributed by atoms with van der Waals surface area (Å²) in [6.45, 7) is 4.18. The number of hydrogen-bond acceptors (Lipinski definition) is 3. The predicted octanol–water partition coefficient (Wildman–Crippen LogP) is 2.78. The van der Waals surface area contributed by atoms with Crippen LogP contribution in [0.1, 0.15) is 41.6 Å². The SMILES string of the molecule is Cc1ccc(N)cc1C(=O)NC1CCN(C2CC2)CC1.Cl.Cl. The lowest BCUT2D eigenvalue weighted by atomic mass is 10.0. The Hall–Kier alpha value is -0.970. The van der Waals surface area contributed by atoms with Gasteiger partial charge in [0, 0.05) is 36.4 Å². The number of halogens is 2. The van der Waals surface area contributed by atoms with E-state index in [-0.39, 0.29) is 30.7 Å². The van der Waals surface area contributed by atoms with Crippen LogP contribution in [0.2, 0.25) is 0 Å². The van der Waals surface area contributed by atoms with Crippen molar-refractivity contribution in [2.45, 2.75) is 44.7 Å². The lowest BCUT2D eigenvalue weighted by molar-refractivity contribution is 0.0908. The summed E-state index contributed by atoms with van der Waals surface area (Å²) in [5.41, 5.74) is 8.10. The average molecular weight is 346 g/mol. The van der Waals surface area contributed by atoms with Crippen LogP contribution in [0.4, 0.5) is 5.69 Å². The summed E-state index contributed by atoms with van der Waals surface area (Å²) in [6, 6.07) is 6.64. The Labute approximate surface area is 144 Å². The van der Waals surface area contributed by atoms with E-state index in [4.69, 9.17) is 5.73 Å². The van der Waals surface area contributed by atoms with Gasteiger partial charge in [-0.3, -0.25) is 4.79 Å². The second-order valence-corrected chi connectivity index (χ2v) is 6.09. The van der Waals surface area contributed by atoms with Crippen LogP contribution < -0.4 is 11.1 Å². The molecule has 1 aliphatic heterocycles. The molecule has 6 heteroatoms. The standard InChI is InChI=1S/C16H23N3O.2ClH/c1-11-2-3-12(17)10-15(11)16(20)18-13-6-8-19(9-7-13)14-4-5-14;;/h2-3,10,13-14H,4-9,17H2,1H3,(H,18,20);2*1H. The first kappa shape index (κ1) is 19.1. The van der Waals surface area contributed by atoms with Gasteiger partial charge in [-0.2, -0.15) is 0 Å². The maximum atomic E-state index is 12.3. The second kappa shape index (κ2) is 8.04. The summed E-state index contributed by atoms with van der Waals surface area (Å²) in [4.78, 5) is 14.9. The molecule has 1 aromatic rings. The minimum Gasteiger partial charge on any atom is -0.399 e. The third-order valence-corrected chi connectivity index (χ3v) is 4.43. The highest BCUT2D eigenvalue weighted by Gasteiger charge is 2.32. The number of amides is 1. The Balaban J connectivity index is 0.00000121. The van der Waals surface area contributed by atoms with Crippen LogP contribution in [0.25, 0.3) is 0 Å². The molecular weight excluding hydrogens is 321 g/mol.